The van der Waals surface area contributed by atoms with Gasteiger partial charge in [-0.05, 0) is 81.1 Å². The molecule has 1 aromatic carbocycles. The van der Waals surface area contributed by atoms with Crippen LogP contribution in [0.15, 0.2) is 30.3 Å². The molecule has 0 aromatic heterocycles. The molecule has 1 amide bonds. The van der Waals surface area contributed by atoms with Crippen LogP contribution in [-0.2, 0) is 20.7 Å². The van der Waals surface area contributed by atoms with Crippen molar-refractivity contribution in [3.8, 4) is 0 Å². The second-order valence-corrected chi connectivity index (χ2v) is 9.06. The zero-order valence-corrected chi connectivity index (χ0v) is 16.2. The molecular weight excluding hydrogens is 338 g/mol. The fourth-order valence-corrected chi connectivity index (χ4v) is 5.96. The molecule has 4 saturated carbocycles. The van der Waals surface area contributed by atoms with E-state index in [-0.39, 0.29) is 30.4 Å². The second kappa shape index (κ2) is 8.04. The molecule has 1 aromatic rings. The Labute approximate surface area is 162 Å². The van der Waals surface area contributed by atoms with Crippen molar-refractivity contribution in [1.82, 2.24) is 5.32 Å². The number of nitrogens with one attached hydrogen (secondary N) is 1. The van der Waals surface area contributed by atoms with E-state index in [9.17, 15) is 9.59 Å². The van der Waals surface area contributed by atoms with Crippen LogP contribution in [0, 0.1) is 29.6 Å². The summed E-state index contributed by atoms with van der Waals surface area (Å²) < 4.78 is 5.44. The third kappa shape index (κ3) is 4.36. The minimum absolute atomic E-state index is 0.0427. The van der Waals surface area contributed by atoms with E-state index in [1.807, 2.05) is 25.1 Å². The van der Waals surface area contributed by atoms with E-state index in [1.165, 1.54) is 37.7 Å². The number of carbonyl (C=O) groups is 2. The van der Waals surface area contributed by atoms with Gasteiger partial charge in [0, 0.05) is 6.04 Å². The summed E-state index contributed by atoms with van der Waals surface area (Å²) in [7, 11) is 0. The standard InChI is InChI=1S/C23H31NO3/c1-15(7-8-16-5-3-2-4-6-16)24-21(25)14-27-23(26)22-19-10-17-9-18(12-19)13-20(22)11-17/h2-6,15,17-20,22H,7-14H2,1H3,(H,24,25)/t15-,17?,18?,19?,20?,22?/m1/s1. The van der Waals surface area contributed by atoms with E-state index in [2.05, 4.69) is 17.4 Å². The Hall–Kier alpha value is -1.84. The van der Waals surface area contributed by atoms with Crippen LogP contribution in [0.1, 0.15) is 51.0 Å². The average Bonchev–Trinajstić information content (AvgIpc) is 2.65. The van der Waals surface area contributed by atoms with Crippen molar-refractivity contribution in [3.05, 3.63) is 35.9 Å². The van der Waals surface area contributed by atoms with Crippen molar-refractivity contribution in [2.75, 3.05) is 6.61 Å². The zero-order valence-electron chi connectivity index (χ0n) is 16.2. The highest BCUT2D eigenvalue weighted by Gasteiger charge is 2.51. The van der Waals surface area contributed by atoms with Crippen molar-refractivity contribution in [2.45, 2.75) is 57.9 Å². The lowest BCUT2D eigenvalue weighted by atomic mass is 9.52. The normalized spacial score (nSPS) is 32.1. The lowest BCUT2D eigenvalue weighted by Gasteiger charge is -2.53. The Morgan fingerprint density at radius 3 is 2.30 bits per heavy atom. The molecule has 1 N–H and O–H groups in total. The molecular formula is C23H31NO3. The highest BCUT2D eigenvalue weighted by molar-refractivity contribution is 5.81. The Kier molecular flexibility index (Phi) is 5.51. The molecule has 27 heavy (non-hydrogen) atoms. The molecule has 4 fully saturated rings. The first-order chi connectivity index (χ1) is 13.1. The van der Waals surface area contributed by atoms with Gasteiger partial charge in [0.1, 0.15) is 0 Å². The van der Waals surface area contributed by atoms with Gasteiger partial charge in [-0.15, -0.1) is 0 Å². The molecule has 0 spiro atoms. The molecule has 4 heteroatoms. The minimum atomic E-state index is -0.187. The first kappa shape index (κ1) is 18.5. The lowest BCUT2D eigenvalue weighted by Crippen LogP contribution is -2.49. The summed E-state index contributed by atoms with van der Waals surface area (Å²) in [6.07, 6.45) is 7.93. The molecule has 4 aliphatic rings. The number of carbonyl (C=O) groups excluding carboxylic acids is 2. The van der Waals surface area contributed by atoms with Gasteiger partial charge in [0.15, 0.2) is 6.61 Å². The average molecular weight is 370 g/mol. The maximum Gasteiger partial charge on any atom is 0.310 e. The topological polar surface area (TPSA) is 55.4 Å². The van der Waals surface area contributed by atoms with Crippen molar-refractivity contribution < 1.29 is 14.3 Å². The molecule has 4 bridgehead atoms. The molecule has 1 atom stereocenters. The summed E-state index contributed by atoms with van der Waals surface area (Å²) in [5.41, 5.74) is 1.27. The number of hydrogen-bond donors (Lipinski definition) is 1. The quantitative estimate of drug-likeness (QED) is 0.745. The number of benzene rings is 1. The molecule has 0 heterocycles. The maximum atomic E-state index is 12.6. The van der Waals surface area contributed by atoms with E-state index in [0.29, 0.717) is 11.8 Å². The lowest BCUT2D eigenvalue weighted by molar-refractivity contribution is -0.164. The van der Waals surface area contributed by atoms with Crippen molar-refractivity contribution >= 4 is 11.9 Å². The summed E-state index contributed by atoms with van der Waals surface area (Å²) in [6.45, 7) is 1.86. The Morgan fingerprint density at radius 1 is 1.04 bits per heavy atom. The summed E-state index contributed by atoms with van der Waals surface area (Å²) >= 11 is 0. The third-order valence-electron chi connectivity index (χ3n) is 6.96. The van der Waals surface area contributed by atoms with Crippen LogP contribution < -0.4 is 5.32 Å². The van der Waals surface area contributed by atoms with Crippen LogP contribution in [0.3, 0.4) is 0 Å². The highest BCUT2D eigenvalue weighted by atomic mass is 16.5. The van der Waals surface area contributed by atoms with E-state index in [4.69, 9.17) is 4.74 Å². The van der Waals surface area contributed by atoms with Gasteiger partial charge >= 0.3 is 5.97 Å². The zero-order chi connectivity index (χ0) is 18.8. The smallest absolute Gasteiger partial charge is 0.310 e. The predicted octanol–water partition coefficient (Wildman–Crippen LogP) is 3.74. The van der Waals surface area contributed by atoms with E-state index in [0.717, 1.165) is 24.7 Å². The first-order valence-corrected chi connectivity index (χ1v) is 10.6. The van der Waals surface area contributed by atoms with Gasteiger partial charge in [-0.3, -0.25) is 9.59 Å². The first-order valence-electron chi connectivity index (χ1n) is 10.6. The van der Waals surface area contributed by atoms with Gasteiger partial charge < -0.3 is 10.1 Å². The fraction of sp³-hybridized carbons (Fsp3) is 0.652. The number of aryl methyl sites for hydroxylation is 1. The SMILES string of the molecule is C[C@H](CCc1ccccc1)NC(=O)COC(=O)C1C2CC3CC(C2)CC1C3. The van der Waals surface area contributed by atoms with Crippen LogP contribution >= 0.6 is 0 Å². The monoisotopic (exact) mass is 369 g/mol. The van der Waals surface area contributed by atoms with E-state index in [1.54, 1.807) is 0 Å². The largest absolute Gasteiger partial charge is 0.455 e. The van der Waals surface area contributed by atoms with Crippen molar-refractivity contribution in [2.24, 2.45) is 29.6 Å². The highest BCUT2D eigenvalue weighted by Crippen LogP contribution is 2.56. The number of ether oxygens (including phenoxy) is 1. The van der Waals surface area contributed by atoms with Gasteiger partial charge in [-0.1, -0.05) is 30.3 Å². The number of hydrogen-bond acceptors (Lipinski definition) is 3. The third-order valence-corrected chi connectivity index (χ3v) is 6.96. The van der Waals surface area contributed by atoms with E-state index >= 15 is 0 Å². The minimum Gasteiger partial charge on any atom is -0.455 e. The van der Waals surface area contributed by atoms with Gasteiger partial charge in [0.25, 0.3) is 5.91 Å². The molecule has 4 aliphatic carbocycles. The van der Waals surface area contributed by atoms with Crippen LogP contribution in [0.4, 0.5) is 0 Å². The predicted molar refractivity (Wildman–Crippen MR) is 104 cm³/mol. The molecule has 4 nitrogen and oxygen atoms in total. The summed E-state index contributed by atoms with van der Waals surface area (Å²) in [5, 5.41) is 2.96. The number of rotatable bonds is 7. The molecule has 5 rings (SSSR count). The van der Waals surface area contributed by atoms with Crippen LogP contribution in [0.25, 0.3) is 0 Å². The van der Waals surface area contributed by atoms with Crippen LogP contribution in [-0.4, -0.2) is 24.5 Å². The fourth-order valence-electron chi connectivity index (χ4n) is 5.96. The van der Waals surface area contributed by atoms with Gasteiger partial charge in [0.2, 0.25) is 0 Å². The molecule has 0 aliphatic heterocycles. The summed E-state index contributed by atoms with van der Waals surface area (Å²) in [5.74, 6) is 2.41. The molecule has 0 saturated heterocycles. The van der Waals surface area contributed by atoms with Gasteiger partial charge in [-0.2, -0.15) is 0 Å². The Morgan fingerprint density at radius 2 is 1.67 bits per heavy atom. The summed E-state index contributed by atoms with van der Waals surface area (Å²) in [4.78, 5) is 24.8. The summed E-state index contributed by atoms with van der Waals surface area (Å²) in [6, 6.07) is 10.3. The van der Waals surface area contributed by atoms with Crippen molar-refractivity contribution in [1.29, 1.82) is 0 Å². The van der Waals surface area contributed by atoms with Gasteiger partial charge in [0.05, 0.1) is 5.92 Å². The Balaban J connectivity index is 1.19. The molecule has 0 radical (unpaired) electrons. The molecule has 0 unspecified atom stereocenters. The van der Waals surface area contributed by atoms with Crippen LogP contribution in [0.5, 0.6) is 0 Å². The second-order valence-electron chi connectivity index (χ2n) is 9.06. The van der Waals surface area contributed by atoms with Crippen molar-refractivity contribution in [3.63, 3.8) is 0 Å². The van der Waals surface area contributed by atoms with Gasteiger partial charge in [-0.25, -0.2) is 0 Å². The maximum absolute atomic E-state index is 12.6. The Bertz CT molecular complexity index is 643. The number of amides is 1. The van der Waals surface area contributed by atoms with E-state index < -0.39 is 0 Å². The van der Waals surface area contributed by atoms with Crippen LogP contribution in [0.2, 0.25) is 0 Å². The number of esters is 1. The molecule has 146 valence electrons.